The van der Waals surface area contributed by atoms with Gasteiger partial charge in [-0.15, -0.1) is 11.8 Å². The maximum atomic E-state index is 15.0. The number of nitrogens with one attached hydrogen (secondary N) is 4. The van der Waals surface area contributed by atoms with Gasteiger partial charge in [0.1, 0.15) is 47.2 Å². The van der Waals surface area contributed by atoms with Crippen molar-refractivity contribution < 1.29 is 43.3 Å². The molecule has 2 heterocycles. The summed E-state index contributed by atoms with van der Waals surface area (Å²) < 4.78 is 18.2. The zero-order valence-corrected chi connectivity index (χ0v) is 42.1. The molecule has 14 nitrogen and oxygen atoms in total. The van der Waals surface area contributed by atoms with E-state index in [0.29, 0.717) is 39.8 Å². The number of amidine groups is 1. The van der Waals surface area contributed by atoms with Crippen LogP contribution in [0.1, 0.15) is 110 Å². The number of aromatic amines is 1. The Kier molecular flexibility index (Phi) is 18.1. The van der Waals surface area contributed by atoms with Crippen molar-refractivity contribution in [3.8, 4) is 11.1 Å². The topological polar surface area (TPSA) is 198 Å². The van der Waals surface area contributed by atoms with E-state index in [2.05, 4.69) is 69.1 Å². The van der Waals surface area contributed by atoms with Crippen molar-refractivity contribution in [2.75, 3.05) is 18.7 Å². The first-order valence-electron chi connectivity index (χ1n) is 24.1. The number of allylic oxidation sites excluding steroid dienone is 1. The van der Waals surface area contributed by atoms with Crippen molar-refractivity contribution in [2.24, 2.45) is 46.4 Å². The molecule has 3 aliphatic rings. The Morgan fingerprint density at radius 2 is 1.32 bits per heavy atom. The number of aliphatic imine (C=N–C) groups is 1. The fourth-order valence-corrected chi connectivity index (χ4v) is 11.2. The Morgan fingerprint density at radius 1 is 0.783 bits per heavy atom. The van der Waals surface area contributed by atoms with E-state index in [4.69, 9.17) is 19.2 Å². The highest BCUT2D eigenvalue weighted by Gasteiger charge is 2.40. The standard InChI is InChI=1S/C54H69N5O9S/c1-11-42(61)55-27-35(8)51(62)58-49-45(53(64)67-47-31(4)22-29(2)23-32(47)5)43(38-18-14-12-15-19-38)40(56-49)26-41-44(39-20-16-13-17-21-39)46(54(65)68-48-33(6)24-30(3)25-34(48)7)50(57-41)59-52(63)36(9)69-37(10)66-28-60/h11-21,26,29-37,47-48,57,60H,1,22-25,27-28H2,2-10H3,(H,55,61)(H,59,63)(H,56,58,62). The van der Waals surface area contributed by atoms with E-state index < -0.39 is 59.2 Å². The highest BCUT2D eigenvalue weighted by molar-refractivity contribution is 8.01. The van der Waals surface area contributed by atoms with Gasteiger partial charge in [0.15, 0.2) is 0 Å². The number of nitrogens with zero attached hydrogens (tertiary/aromatic N) is 1. The maximum absolute atomic E-state index is 15.0. The lowest BCUT2D eigenvalue weighted by atomic mass is 9.75. The number of aliphatic hydroxyl groups excluding tert-OH is 1. The summed E-state index contributed by atoms with van der Waals surface area (Å²) >= 11 is 1.19. The van der Waals surface area contributed by atoms with Gasteiger partial charge in [0.05, 0.1) is 22.6 Å². The van der Waals surface area contributed by atoms with Gasteiger partial charge in [-0.05, 0) is 98.3 Å². The number of benzene rings is 2. The Bertz CT molecular complexity index is 2420. The summed E-state index contributed by atoms with van der Waals surface area (Å²) in [5.74, 6) is -2.12. The molecule has 3 aromatic rings. The Balaban J connectivity index is 1.56. The van der Waals surface area contributed by atoms with Gasteiger partial charge in [-0.25, -0.2) is 14.6 Å². The number of carbonyl (C=O) groups excluding carboxylic acids is 5. The number of aromatic nitrogens is 1. The van der Waals surface area contributed by atoms with E-state index in [-0.39, 0.29) is 64.8 Å². The third kappa shape index (κ3) is 12.9. The molecule has 3 amide bonds. The van der Waals surface area contributed by atoms with E-state index in [1.165, 1.54) is 11.8 Å². The maximum Gasteiger partial charge on any atom is 0.342 e. The molecule has 2 fully saturated rings. The molecule has 0 spiro atoms. The molecule has 0 saturated heterocycles. The minimum absolute atomic E-state index is 0.00476. The van der Waals surface area contributed by atoms with Gasteiger partial charge in [-0.2, -0.15) is 0 Å². The molecular weight excluding hydrogens is 895 g/mol. The van der Waals surface area contributed by atoms with Gasteiger partial charge in [0.25, 0.3) is 0 Å². The highest BCUT2D eigenvalue weighted by Crippen LogP contribution is 2.43. The molecule has 7 unspecified atom stereocenters. The number of anilines is 1. The summed E-state index contributed by atoms with van der Waals surface area (Å²) in [4.78, 5) is 78.4. The van der Waals surface area contributed by atoms with Crippen molar-refractivity contribution in [3.63, 3.8) is 0 Å². The third-order valence-corrected chi connectivity index (χ3v) is 14.6. The number of amides is 3. The fraction of sp³-hybridized carbons (Fsp3) is 0.481. The molecule has 69 heavy (non-hydrogen) atoms. The molecule has 1 aromatic heterocycles. The van der Waals surface area contributed by atoms with E-state index in [1.54, 1.807) is 26.8 Å². The summed E-state index contributed by atoms with van der Waals surface area (Å²) in [6.07, 6.45) is 5.58. The number of esters is 2. The first kappa shape index (κ1) is 52.6. The Hall–Kier alpha value is -5.77. The predicted octanol–water partition coefficient (Wildman–Crippen LogP) is 9.16. The summed E-state index contributed by atoms with van der Waals surface area (Å²) in [5, 5.41) is 17.2. The second kappa shape index (κ2) is 23.7. The normalized spacial score (nSPS) is 25.5. The number of rotatable bonds is 17. The van der Waals surface area contributed by atoms with Gasteiger partial charge in [-0.1, -0.05) is 116 Å². The van der Waals surface area contributed by atoms with Crippen LogP contribution in [0.4, 0.5) is 5.82 Å². The van der Waals surface area contributed by atoms with Crippen LogP contribution in [0.2, 0.25) is 0 Å². The summed E-state index contributed by atoms with van der Waals surface area (Å²) in [5.41, 5.74) is 2.27. The predicted molar refractivity (Wildman–Crippen MR) is 271 cm³/mol. The van der Waals surface area contributed by atoms with Crippen LogP contribution in [0.25, 0.3) is 22.8 Å². The summed E-state index contributed by atoms with van der Waals surface area (Å²) in [6, 6.07) is 18.5. The molecule has 370 valence electrons. The second-order valence-corrected chi connectivity index (χ2v) is 21.1. The number of H-pyrrole nitrogens is 1. The highest BCUT2D eigenvalue weighted by atomic mass is 32.2. The fourth-order valence-electron chi connectivity index (χ4n) is 10.3. The Labute approximate surface area is 410 Å². The van der Waals surface area contributed by atoms with Crippen LogP contribution in [0.3, 0.4) is 0 Å². The molecule has 2 aliphatic carbocycles. The molecule has 0 radical (unpaired) electrons. The van der Waals surface area contributed by atoms with Gasteiger partial charge >= 0.3 is 11.9 Å². The van der Waals surface area contributed by atoms with Crippen LogP contribution in [-0.2, 0) is 33.4 Å². The van der Waals surface area contributed by atoms with Crippen molar-refractivity contribution in [2.45, 2.75) is 111 Å². The lowest BCUT2D eigenvalue weighted by Gasteiger charge is -2.37. The number of hydrogen-bond acceptors (Lipinski definition) is 11. The van der Waals surface area contributed by atoms with E-state index >= 15 is 0 Å². The first-order chi connectivity index (χ1) is 32.9. The van der Waals surface area contributed by atoms with Gasteiger partial charge in [-0.3, -0.25) is 14.4 Å². The average molecular weight is 964 g/mol. The summed E-state index contributed by atoms with van der Waals surface area (Å²) in [6.45, 7) is 20.8. The number of thioether (sulfide) groups is 1. The largest absolute Gasteiger partial charge is 0.458 e. The summed E-state index contributed by atoms with van der Waals surface area (Å²) in [7, 11) is 0. The van der Waals surface area contributed by atoms with Crippen molar-refractivity contribution >= 4 is 64.7 Å². The quantitative estimate of drug-likeness (QED) is 0.0494. The van der Waals surface area contributed by atoms with E-state index in [1.807, 2.05) is 60.7 Å². The SMILES string of the molecule is C=CC(=O)NCC(C)C(=O)NC1=NC(=Cc2[nH]c(NC(=O)C(C)SC(C)OCO)c(C(=O)OC3C(C)CC(C)CC3C)c2-c2ccccc2)C(c2ccccc2)=C1C(=O)OC1C(C)CC(C)CC1C. The minimum Gasteiger partial charge on any atom is -0.458 e. The van der Waals surface area contributed by atoms with Crippen LogP contribution < -0.4 is 16.0 Å². The number of hydrogen-bond donors (Lipinski definition) is 5. The van der Waals surface area contributed by atoms with Crippen LogP contribution in [0, 0.1) is 41.4 Å². The molecule has 1 aliphatic heterocycles. The van der Waals surface area contributed by atoms with Crippen LogP contribution >= 0.6 is 11.8 Å². The average Bonchev–Trinajstić information content (AvgIpc) is 3.85. The zero-order chi connectivity index (χ0) is 50.1. The molecular formula is C54H69N5O9S. The second-order valence-electron chi connectivity index (χ2n) is 19.4. The molecule has 7 atom stereocenters. The number of aliphatic hydroxyl groups is 1. The molecule has 5 N–H and O–H groups in total. The lowest BCUT2D eigenvalue weighted by molar-refractivity contribution is -0.152. The first-order valence-corrected chi connectivity index (χ1v) is 25.1. The molecule has 6 rings (SSSR count). The van der Waals surface area contributed by atoms with Crippen LogP contribution in [0.5, 0.6) is 0 Å². The van der Waals surface area contributed by atoms with Gasteiger partial charge in [0, 0.05) is 17.7 Å². The zero-order valence-electron chi connectivity index (χ0n) is 41.3. The molecule has 2 aromatic carbocycles. The number of carbonyl (C=O) groups is 5. The molecule has 0 bridgehead atoms. The smallest absolute Gasteiger partial charge is 0.342 e. The van der Waals surface area contributed by atoms with Gasteiger partial charge < -0.3 is 40.3 Å². The van der Waals surface area contributed by atoms with Crippen molar-refractivity contribution in [1.82, 2.24) is 15.6 Å². The van der Waals surface area contributed by atoms with Crippen molar-refractivity contribution in [1.29, 1.82) is 0 Å². The molecule has 15 heteroatoms. The Morgan fingerprint density at radius 3 is 1.86 bits per heavy atom. The lowest BCUT2D eigenvalue weighted by Crippen LogP contribution is -2.42. The van der Waals surface area contributed by atoms with Gasteiger partial charge in [0.2, 0.25) is 17.7 Å². The number of ether oxygens (including phenoxy) is 3. The third-order valence-electron chi connectivity index (χ3n) is 13.4. The molecule has 2 saturated carbocycles. The van der Waals surface area contributed by atoms with E-state index in [9.17, 15) is 29.1 Å². The van der Waals surface area contributed by atoms with E-state index in [0.717, 1.165) is 31.8 Å². The monoisotopic (exact) mass is 963 g/mol. The van der Waals surface area contributed by atoms with Crippen LogP contribution in [-0.4, -0.2) is 81.8 Å². The minimum atomic E-state index is -0.744. The van der Waals surface area contributed by atoms with Crippen molar-refractivity contribution in [3.05, 3.63) is 101 Å². The van der Waals surface area contributed by atoms with Crippen LogP contribution in [0.15, 0.2) is 89.6 Å².